The van der Waals surface area contributed by atoms with Crippen LogP contribution in [-0.4, -0.2) is 11.1 Å². The van der Waals surface area contributed by atoms with Gasteiger partial charge in [0.1, 0.15) is 11.6 Å². The topological polar surface area (TPSA) is 37.3 Å². The van der Waals surface area contributed by atoms with E-state index in [0.29, 0.717) is 6.07 Å². The lowest BCUT2D eigenvalue weighted by Crippen LogP contribution is -2.02. The van der Waals surface area contributed by atoms with Crippen LogP contribution in [0.1, 0.15) is 10.4 Å². The number of hydrogen-bond acceptors (Lipinski definition) is 1. The van der Waals surface area contributed by atoms with Gasteiger partial charge in [-0.25, -0.2) is 13.6 Å². The molecular weight excluding hydrogens is 297 g/mol. The van der Waals surface area contributed by atoms with Crippen molar-refractivity contribution in [2.45, 2.75) is 0 Å². The standard InChI is InChI=1S/C13H6Cl2F2O2/c14-7-1-6(2-8(15)3-7)9-4-12(17)10(13(18)19)5-11(9)16/h1-5H,(H,18,19). The molecule has 98 valence electrons. The first kappa shape index (κ1) is 13.8. The summed E-state index contributed by atoms with van der Waals surface area (Å²) in [5.74, 6) is -3.43. The van der Waals surface area contributed by atoms with Crippen LogP contribution in [0.3, 0.4) is 0 Å². The SMILES string of the molecule is O=C(O)c1cc(F)c(-c2cc(Cl)cc(Cl)c2)cc1F. The molecule has 0 bridgehead atoms. The highest BCUT2D eigenvalue weighted by molar-refractivity contribution is 6.35. The van der Waals surface area contributed by atoms with Gasteiger partial charge in [-0.2, -0.15) is 0 Å². The van der Waals surface area contributed by atoms with Crippen LogP contribution < -0.4 is 0 Å². The van der Waals surface area contributed by atoms with Gasteiger partial charge in [-0.1, -0.05) is 23.2 Å². The van der Waals surface area contributed by atoms with Crippen LogP contribution >= 0.6 is 23.2 Å². The lowest BCUT2D eigenvalue weighted by atomic mass is 10.0. The van der Waals surface area contributed by atoms with Crippen molar-refractivity contribution >= 4 is 29.2 Å². The summed E-state index contributed by atoms with van der Waals surface area (Å²) in [5.41, 5.74) is -0.563. The second kappa shape index (κ2) is 5.15. The summed E-state index contributed by atoms with van der Waals surface area (Å²) >= 11 is 11.6. The van der Waals surface area contributed by atoms with Gasteiger partial charge in [0.25, 0.3) is 0 Å². The van der Waals surface area contributed by atoms with Crippen LogP contribution in [0.25, 0.3) is 11.1 Å². The van der Waals surface area contributed by atoms with E-state index in [2.05, 4.69) is 0 Å². The molecule has 2 aromatic rings. The Labute approximate surface area is 117 Å². The molecule has 1 N–H and O–H groups in total. The molecule has 2 nitrogen and oxygen atoms in total. The maximum absolute atomic E-state index is 13.8. The van der Waals surface area contributed by atoms with Gasteiger partial charge in [0.15, 0.2) is 0 Å². The molecular formula is C13H6Cl2F2O2. The molecule has 19 heavy (non-hydrogen) atoms. The predicted molar refractivity (Wildman–Crippen MR) is 68.8 cm³/mol. The van der Waals surface area contributed by atoms with Gasteiger partial charge in [0.2, 0.25) is 0 Å². The molecule has 6 heteroatoms. The summed E-state index contributed by atoms with van der Waals surface area (Å²) < 4.78 is 27.4. The number of carboxylic acids is 1. The van der Waals surface area contributed by atoms with Gasteiger partial charge in [-0.15, -0.1) is 0 Å². The van der Waals surface area contributed by atoms with E-state index in [1.165, 1.54) is 18.2 Å². The van der Waals surface area contributed by atoms with Gasteiger partial charge in [0.05, 0.1) is 5.56 Å². The molecule has 0 amide bonds. The smallest absolute Gasteiger partial charge is 0.338 e. The molecule has 2 rings (SSSR count). The van der Waals surface area contributed by atoms with Gasteiger partial charge < -0.3 is 5.11 Å². The van der Waals surface area contributed by atoms with Crippen molar-refractivity contribution < 1.29 is 18.7 Å². The van der Waals surface area contributed by atoms with Gasteiger partial charge in [-0.05, 0) is 35.9 Å². The Balaban J connectivity index is 2.63. The third kappa shape index (κ3) is 2.85. The van der Waals surface area contributed by atoms with Crippen molar-refractivity contribution in [3.8, 4) is 11.1 Å². The van der Waals surface area contributed by atoms with Gasteiger partial charge in [-0.3, -0.25) is 0 Å². The van der Waals surface area contributed by atoms with Crippen LogP contribution in [0.5, 0.6) is 0 Å². The fourth-order valence-electron chi connectivity index (χ4n) is 1.64. The summed E-state index contributed by atoms with van der Waals surface area (Å²) in [6, 6.07) is 5.70. The Morgan fingerprint density at radius 3 is 2.05 bits per heavy atom. The average molecular weight is 303 g/mol. The van der Waals surface area contributed by atoms with Crippen LogP contribution in [0.4, 0.5) is 8.78 Å². The van der Waals surface area contributed by atoms with E-state index in [1.807, 2.05) is 0 Å². The minimum atomic E-state index is -1.54. The number of rotatable bonds is 2. The van der Waals surface area contributed by atoms with Gasteiger partial charge in [0, 0.05) is 15.6 Å². The number of carbonyl (C=O) groups is 1. The van der Waals surface area contributed by atoms with E-state index in [-0.39, 0.29) is 21.2 Å². The maximum Gasteiger partial charge on any atom is 0.338 e. The highest BCUT2D eigenvalue weighted by atomic mass is 35.5. The number of carboxylic acid groups (broad SMARTS) is 1. The summed E-state index contributed by atoms with van der Waals surface area (Å²) in [4.78, 5) is 10.7. The summed E-state index contributed by atoms with van der Waals surface area (Å²) in [6.07, 6.45) is 0. The first-order valence-electron chi connectivity index (χ1n) is 5.07. The van der Waals surface area contributed by atoms with E-state index in [4.69, 9.17) is 28.3 Å². The molecule has 2 aromatic carbocycles. The normalized spacial score (nSPS) is 10.5. The van der Waals surface area contributed by atoms with Gasteiger partial charge >= 0.3 is 5.97 Å². The minimum Gasteiger partial charge on any atom is -0.478 e. The molecule has 0 aromatic heterocycles. The molecule has 0 aliphatic heterocycles. The lowest BCUT2D eigenvalue weighted by Gasteiger charge is -2.07. The van der Waals surface area contributed by atoms with Crippen molar-refractivity contribution in [2.75, 3.05) is 0 Å². The molecule has 0 unspecified atom stereocenters. The largest absolute Gasteiger partial charge is 0.478 e. The quantitative estimate of drug-likeness (QED) is 0.877. The van der Waals surface area contributed by atoms with Crippen molar-refractivity contribution in [1.29, 1.82) is 0 Å². The molecule has 0 spiro atoms. The molecule has 0 radical (unpaired) electrons. The van der Waals surface area contributed by atoms with E-state index >= 15 is 0 Å². The average Bonchev–Trinajstić information content (AvgIpc) is 2.30. The summed E-state index contributed by atoms with van der Waals surface area (Å²) in [6.45, 7) is 0. The zero-order valence-electron chi connectivity index (χ0n) is 9.25. The molecule has 0 saturated heterocycles. The summed E-state index contributed by atoms with van der Waals surface area (Å²) in [7, 11) is 0. The van der Waals surface area contributed by atoms with Crippen LogP contribution in [-0.2, 0) is 0 Å². The fourth-order valence-corrected chi connectivity index (χ4v) is 2.17. The zero-order valence-corrected chi connectivity index (χ0v) is 10.8. The zero-order chi connectivity index (χ0) is 14.2. The Kier molecular flexibility index (Phi) is 3.73. The molecule has 0 heterocycles. The first-order valence-corrected chi connectivity index (χ1v) is 5.83. The van der Waals surface area contributed by atoms with Crippen LogP contribution in [0.15, 0.2) is 30.3 Å². The highest BCUT2D eigenvalue weighted by Crippen LogP contribution is 2.30. The Morgan fingerprint density at radius 1 is 0.947 bits per heavy atom. The van der Waals surface area contributed by atoms with Crippen molar-refractivity contribution in [3.63, 3.8) is 0 Å². The van der Waals surface area contributed by atoms with E-state index < -0.39 is 23.2 Å². The Morgan fingerprint density at radius 2 is 1.53 bits per heavy atom. The molecule has 0 saturated carbocycles. The molecule has 0 atom stereocenters. The molecule has 0 aliphatic rings. The molecule has 0 fully saturated rings. The Bertz CT molecular complexity index is 652. The van der Waals surface area contributed by atoms with Crippen molar-refractivity contribution in [1.82, 2.24) is 0 Å². The lowest BCUT2D eigenvalue weighted by molar-refractivity contribution is 0.0691. The van der Waals surface area contributed by atoms with Crippen LogP contribution in [0.2, 0.25) is 10.0 Å². The van der Waals surface area contributed by atoms with Crippen molar-refractivity contribution in [2.24, 2.45) is 0 Å². The first-order chi connectivity index (χ1) is 8.88. The molecule has 0 aliphatic carbocycles. The monoisotopic (exact) mass is 302 g/mol. The van der Waals surface area contributed by atoms with Crippen LogP contribution in [0, 0.1) is 11.6 Å². The number of benzene rings is 2. The minimum absolute atomic E-state index is 0.105. The third-order valence-corrected chi connectivity index (χ3v) is 2.90. The number of aromatic carboxylic acids is 1. The van der Waals surface area contributed by atoms with E-state index in [9.17, 15) is 13.6 Å². The van der Waals surface area contributed by atoms with E-state index in [1.54, 1.807) is 0 Å². The predicted octanol–water partition coefficient (Wildman–Crippen LogP) is 4.64. The second-order valence-corrected chi connectivity index (χ2v) is 4.65. The fraction of sp³-hybridized carbons (Fsp3) is 0. The second-order valence-electron chi connectivity index (χ2n) is 3.78. The maximum atomic E-state index is 13.8. The van der Waals surface area contributed by atoms with E-state index in [0.717, 1.165) is 6.07 Å². The summed E-state index contributed by atoms with van der Waals surface area (Å²) in [5, 5.41) is 9.23. The highest BCUT2D eigenvalue weighted by Gasteiger charge is 2.16. The van der Waals surface area contributed by atoms with Crippen molar-refractivity contribution in [3.05, 3.63) is 57.6 Å². The third-order valence-electron chi connectivity index (χ3n) is 2.46. The Hall–Kier alpha value is -1.65. The number of halogens is 4. The number of hydrogen-bond donors (Lipinski definition) is 1.